The minimum absolute atomic E-state index is 0.180. The average Bonchev–Trinajstić information content (AvgIpc) is 3.33. The number of rotatable bonds is 8. The van der Waals surface area contributed by atoms with Gasteiger partial charge in [-0.1, -0.05) is 6.42 Å². The molecule has 9 nitrogen and oxygen atoms in total. The summed E-state index contributed by atoms with van der Waals surface area (Å²) >= 11 is 1.91. The van der Waals surface area contributed by atoms with E-state index in [2.05, 4.69) is 31.9 Å². The Morgan fingerprint density at radius 1 is 1.13 bits per heavy atom. The molecule has 1 aliphatic rings. The van der Waals surface area contributed by atoms with Gasteiger partial charge < -0.3 is 20.3 Å². The van der Waals surface area contributed by atoms with E-state index in [1.807, 2.05) is 24.5 Å². The molecule has 0 radical (unpaired) electrons. The number of carbonyl (C=O) groups is 2. The van der Waals surface area contributed by atoms with Crippen LogP contribution in [0.25, 0.3) is 0 Å². The number of nitrogens with zero attached hydrogens (tertiary/aromatic N) is 3. The van der Waals surface area contributed by atoms with E-state index >= 15 is 0 Å². The Morgan fingerprint density at radius 2 is 1.77 bits per heavy atom. The zero-order valence-electron chi connectivity index (χ0n) is 17.4. The first-order valence-electron chi connectivity index (χ1n) is 9.85. The first-order valence-corrected chi connectivity index (χ1v) is 10.7. The van der Waals surface area contributed by atoms with Crippen molar-refractivity contribution < 1.29 is 24.9 Å². The SMILES string of the molecule is Cc1ncc(CN(CCO)Cc2ccc(CN3CCCCC3)s2)[nH]1.O=CO.O=CO. The molecule has 30 heavy (non-hydrogen) atoms. The standard InChI is InChI=1S/C18H28N4OS.2CH2O2/c1-15-19-11-16(20-15)12-22(9-10-23)14-18-6-5-17(24-18)13-21-7-3-2-4-8-21;2*2-1-3/h5-6,11,23H,2-4,7-10,12-14H2,1H3,(H,19,20);2*1H,(H,2,3). The molecular formula is C20H32N4O5S. The molecule has 0 aromatic carbocycles. The van der Waals surface area contributed by atoms with Gasteiger partial charge in [0.05, 0.1) is 6.61 Å². The van der Waals surface area contributed by atoms with Crippen LogP contribution in [0.4, 0.5) is 0 Å². The molecule has 2 aromatic rings. The van der Waals surface area contributed by atoms with Gasteiger partial charge in [-0.25, -0.2) is 4.98 Å². The first-order chi connectivity index (χ1) is 14.6. The minimum Gasteiger partial charge on any atom is -0.483 e. The number of hydrogen-bond acceptors (Lipinski definition) is 7. The molecule has 10 heteroatoms. The highest BCUT2D eigenvalue weighted by Gasteiger charge is 2.13. The molecule has 0 unspecified atom stereocenters. The molecular weight excluding hydrogens is 408 g/mol. The molecule has 4 N–H and O–H groups in total. The van der Waals surface area contributed by atoms with Crippen molar-refractivity contribution in [3.05, 3.63) is 39.6 Å². The van der Waals surface area contributed by atoms with Gasteiger partial charge >= 0.3 is 0 Å². The third-order valence-corrected chi connectivity index (χ3v) is 5.55. The molecule has 0 bridgehead atoms. The number of aromatic amines is 1. The lowest BCUT2D eigenvalue weighted by atomic mass is 10.1. The lowest BCUT2D eigenvalue weighted by Gasteiger charge is -2.25. The Balaban J connectivity index is 0.000000672. The van der Waals surface area contributed by atoms with E-state index in [-0.39, 0.29) is 19.6 Å². The van der Waals surface area contributed by atoms with Crippen molar-refractivity contribution in [2.45, 2.75) is 45.8 Å². The summed E-state index contributed by atoms with van der Waals surface area (Å²) in [7, 11) is 0. The number of aliphatic hydroxyl groups is 1. The van der Waals surface area contributed by atoms with Crippen molar-refractivity contribution >= 4 is 24.3 Å². The van der Waals surface area contributed by atoms with Gasteiger partial charge in [-0.3, -0.25) is 19.4 Å². The van der Waals surface area contributed by atoms with E-state index < -0.39 is 0 Å². The number of likely N-dealkylation sites (tertiary alicyclic amines) is 1. The Kier molecular flexibility index (Phi) is 13.4. The smallest absolute Gasteiger partial charge is 0.290 e. The van der Waals surface area contributed by atoms with Crippen LogP contribution < -0.4 is 0 Å². The topological polar surface area (TPSA) is 130 Å². The minimum atomic E-state index is -0.250. The molecule has 3 heterocycles. The fraction of sp³-hybridized carbons (Fsp3) is 0.550. The van der Waals surface area contributed by atoms with Gasteiger partial charge in [-0.05, 0) is 45.0 Å². The number of nitrogens with one attached hydrogen (secondary N) is 1. The monoisotopic (exact) mass is 440 g/mol. The summed E-state index contributed by atoms with van der Waals surface area (Å²) in [5, 5.41) is 23.1. The number of H-pyrrole nitrogens is 1. The summed E-state index contributed by atoms with van der Waals surface area (Å²) in [5.74, 6) is 0.939. The zero-order valence-corrected chi connectivity index (χ0v) is 18.2. The highest BCUT2D eigenvalue weighted by molar-refractivity contribution is 7.11. The molecule has 1 aliphatic heterocycles. The van der Waals surface area contributed by atoms with Crippen LogP contribution in [0.2, 0.25) is 0 Å². The largest absolute Gasteiger partial charge is 0.483 e. The number of aliphatic hydroxyl groups excluding tert-OH is 1. The quantitative estimate of drug-likeness (QED) is 0.460. The summed E-state index contributed by atoms with van der Waals surface area (Å²) < 4.78 is 0. The molecule has 1 fully saturated rings. The second kappa shape index (κ2) is 15.6. The van der Waals surface area contributed by atoms with Crippen molar-refractivity contribution in [1.29, 1.82) is 0 Å². The molecule has 168 valence electrons. The van der Waals surface area contributed by atoms with Crippen molar-refractivity contribution in [2.75, 3.05) is 26.2 Å². The molecule has 3 rings (SSSR count). The van der Waals surface area contributed by atoms with Gasteiger partial charge in [-0.2, -0.15) is 0 Å². The average molecular weight is 441 g/mol. The van der Waals surface area contributed by atoms with Crippen molar-refractivity contribution in [1.82, 2.24) is 19.8 Å². The third-order valence-electron chi connectivity index (χ3n) is 4.49. The predicted octanol–water partition coefficient (Wildman–Crippen LogP) is 2.16. The lowest BCUT2D eigenvalue weighted by Crippen LogP contribution is -2.28. The summed E-state index contributed by atoms with van der Waals surface area (Å²) in [6.45, 7) is 7.56. The predicted molar refractivity (Wildman–Crippen MR) is 115 cm³/mol. The van der Waals surface area contributed by atoms with Crippen LogP contribution in [-0.4, -0.2) is 74.3 Å². The van der Waals surface area contributed by atoms with Crippen LogP contribution in [0, 0.1) is 6.92 Å². The van der Waals surface area contributed by atoms with Crippen LogP contribution in [-0.2, 0) is 29.2 Å². The zero-order chi connectivity index (χ0) is 22.2. The van der Waals surface area contributed by atoms with Crippen LogP contribution in [0.5, 0.6) is 0 Å². The van der Waals surface area contributed by atoms with E-state index in [1.54, 1.807) is 0 Å². The number of imidazole rings is 1. The van der Waals surface area contributed by atoms with Gasteiger partial charge in [0.25, 0.3) is 12.9 Å². The van der Waals surface area contributed by atoms with Gasteiger partial charge in [0.1, 0.15) is 5.82 Å². The molecule has 0 aliphatic carbocycles. The molecule has 0 atom stereocenters. The highest BCUT2D eigenvalue weighted by atomic mass is 32.1. The number of thiophene rings is 1. The summed E-state index contributed by atoms with van der Waals surface area (Å²) in [6, 6.07) is 4.51. The number of aryl methyl sites for hydroxylation is 1. The summed E-state index contributed by atoms with van der Waals surface area (Å²) in [6.07, 6.45) is 5.95. The highest BCUT2D eigenvalue weighted by Crippen LogP contribution is 2.22. The maximum atomic E-state index is 9.35. The number of piperidine rings is 1. The van der Waals surface area contributed by atoms with E-state index in [0.717, 1.165) is 31.2 Å². The number of hydrogen-bond donors (Lipinski definition) is 4. The van der Waals surface area contributed by atoms with E-state index in [4.69, 9.17) is 19.8 Å². The number of aromatic nitrogens is 2. The van der Waals surface area contributed by atoms with E-state index in [0.29, 0.717) is 6.54 Å². The molecule has 1 saturated heterocycles. The molecule has 0 saturated carbocycles. The Bertz CT molecular complexity index is 710. The summed E-state index contributed by atoms with van der Waals surface area (Å²) in [4.78, 5) is 31.9. The van der Waals surface area contributed by atoms with Gasteiger partial charge in [0, 0.05) is 47.8 Å². The lowest BCUT2D eigenvalue weighted by molar-refractivity contribution is -0.123. The van der Waals surface area contributed by atoms with Crippen LogP contribution >= 0.6 is 11.3 Å². The van der Waals surface area contributed by atoms with Gasteiger partial charge in [0.2, 0.25) is 0 Å². The fourth-order valence-electron chi connectivity index (χ4n) is 3.30. The molecule has 2 aromatic heterocycles. The van der Waals surface area contributed by atoms with Gasteiger partial charge in [0.15, 0.2) is 0 Å². The molecule has 0 amide bonds. The second-order valence-corrected chi connectivity index (χ2v) is 8.10. The summed E-state index contributed by atoms with van der Waals surface area (Å²) in [5.41, 5.74) is 1.10. The van der Waals surface area contributed by atoms with Crippen LogP contribution in [0.1, 0.15) is 40.5 Å². The second-order valence-electron chi connectivity index (χ2n) is 6.84. The normalized spacial score (nSPS) is 13.7. The molecule has 0 spiro atoms. The maximum absolute atomic E-state index is 9.35. The fourth-order valence-corrected chi connectivity index (χ4v) is 4.40. The van der Waals surface area contributed by atoms with E-state index in [9.17, 15) is 5.11 Å². The van der Waals surface area contributed by atoms with Crippen LogP contribution in [0.3, 0.4) is 0 Å². The Hall–Kier alpha value is -2.27. The maximum Gasteiger partial charge on any atom is 0.290 e. The first kappa shape index (κ1) is 25.8. The third kappa shape index (κ3) is 10.5. The van der Waals surface area contributed by atoms with Crippen molar-refractivity contribution in [2.24, 2.45) is 0 Å². The van der Waals surface area contributed by atoms with Gasteiger partial charge in [-0.15, -0.1) is 11.3 Å². The van der Waals surface area contributed by atoms with Crippen LogP contribution in [0.15, 0.2) is 18.3 Å². The van der Waals surface area contributed by atoms with E-state index in [1.165, 1.54) is 42.1 Å². The Labute approximate surface area is 181 Å². The van der Waals surface area contributed by atoms with Crippen molar-refractivity contribution in [3.63, 3.8) is 0 Å². The van der Waals surface area contributed by atoms with Crippen molar-refractivity contribution in [3.8, 4) is 0 Å². The number of carboxylic acid groups (broad SMARTS) is 2. The Morgan fingerprint density at radius 3 is 2.33 bits per heavy atom.